The van der Waals surface area contributed by atoms with Crippen molar-refractivity contribution in [1.29, 1.82) is 0 Å². The Morgan fingerprint density at radius 3 is 2.28 bits per heavy atom. The van der Waals surface area contributed by atoms with Gasteiger partial charge >= 0.3 is 5.97 Å². The van der Waals surface area contributed by atoms with Gasteiger partial charge in [0.25, 0.3) is 6.47 Å². The number of hydrogen-bond donors (Lipinski definition) is 0. The van der Waals surface area contributed by atoms with Crippen LogP contribution in [0.25, 0.3) is 0 Å². The first-order valence-electron chi connectivity index (χ1n) is 17.0. The second-order valence-corrected chi connectivity index (χ2v) is 17.4. The Bertz CT molecular complexity index is 1130. The van der Waals surface area contributed by atoms with Crippen molar-refractivity contribution in [2.45, 2.75) is 143 Å². The molecule has 5 aliphatic carbocycles. The smallest absolute Gasteiger partial charge is 0.302 e. The Labute approximate surface area is 259 Å². The highest BCUT2D eigenvalue weighted by Crippen LogP contribution is 2.89. The average Bonchev–Trinajstić information content (AvgIpc) is 3.27. The van der Waals surface area contributed by atoms with Crippen LogP contribution in [0.3, 0.4) is 0 Å². The number of carbonyl (C=O) groups excluding carboxylic acids is 2. The molecule has 1 heterocycles. The summed E-state index contributed by atoms with van der Waals surface area (Å²) < 4.78 is 31.1. The second kappa shape index (κ2) is 9.91. The third-order valence-electron chi connectivity index (χ3n) is 15.5. The predicted octanol–water partition coefficient (Wildman–Crippen LogP) is 6.74. The largest absolute Gasteiger partial charge is 0.468 e. The fraction of sp³-hybridized carbons (Fsp3) is 0.944. The molecule has 7 heteroatoms. The maximum absolute atomic E-state index is 12.7. The molecule has 0 N–H and O–H groups in total. The van der Waals surface area contributed by atoms with Gasteiger partial charge in [0.05, 0.1) is 30.0 Å². The molecule has 5 saturated carbocycles. The first kappa shape index (κ1) is 31.8. The van der Waals surface area contributed by atoms with E-state index in [4.69, 9.17) is 23.7 Å². The molecule has 0 bridgehead atoms. The molecule has 244 valence electrons. The molecule has 0 unspecified atom stereocenters. The lowest BCUT2D eigenvalue weighted by Crippen LogP contribution is -2.62. The highest BCUT2D eigenvalue weighted by atomic mass is 16.6. The zero-order valence-electron chi connectivity index (χ0n) is 28.5. The topological polar surface area (TPSA) is 80.3 Å². The van der Waals surface area contributed by atoms with E-state index in [0.29, 0.717) is 19.0 Å². The lowest BCUT2D eigenvalue weighted by Gasteiger charge is -2.65. The number of rotatable bonds is 8. The number of esters is 1. The molecular weight excluding hydrogens is 544 g/mol. The van der Waals surface area contributed by atoms with E-state index in [1.165, 1.54) is 19.3 Å². The Hall–Kier alpha value is -1.18. The van der Waals surface area contributed by atoms with Gasteiger partial charge in [-0.1, -0.05) is 27.7 Å². The number of hydrogen-bond acceptors (Lipinski definition) is 7. The highest BCUT2D eigenvalue weighted by molar-refractivity contribution is 5.66. The van der Waals surface area contributed by atoms with Gasteiger partial charge in [0.1, 0.15) is 6.10 Å². The van der Waals surface area contributed by atoms with Gasteiger partial charge in [-0.3, -0.25) is 9.59 Å². The van der Waals surface area contributed by atoms with Gasteiger partial charge in [-0.2, -0.15) is 0 Å². The summed E-state index contributed by atoms with van der Waals surface area (Å²) in [5, 5.41) is 0. The Morgan fingerprint density at radius 1 is 0.930 bits per heavy atom. The number of fused-ring (bicyclic) bond motifs is 2. The predicted molar refractivity (Wildman–Crippen MR) is 163 cm³/mol. The molecule has 12 atom stereocenters. The van der Waals surface area contributed by atoms with Crippen LogP contribution in [0.4, 0.5) is 0 Å². The summed E-state index contributed by atoms with van der Waals surface area (Å²) in [7, 11) is 3.69. The summed E-state index contributed by atoms with van der Waals surface area (Å²) in [6.07, 6.45) is 9.77. The maximum Gasteiger partial charge on any atom is 0.302 e. The standard InChI is InChI=1S/C36H58O7/c1-22(38)42-24-17-26-33(7)18-25(39-9)29(34(8)13-12-27(43-34)31(4,5)40-10)32(33,6)15-16-35(26)20-36(35)14-11-23(19-41-21-37)30(2,3)28(24)36/h21,23-29H,11-20H2,1-10H3/t23-,24+,25+,26+,27+,28+,29+,32-,33+,34-,35+,36-/m1/s1. The van der Waals surface area contributed by atoms with Crippen LogP contribution in [0, 0.1) is 50.7 Å². The highest BCUT2D eigenvalue weighted by Gasteiger charge is 2.85. The van der Waals surface area contributed by atoms with Gasteiger partial charge in [-0.15, -0.1) is 0 Å². The van der Waals surface area contributed by atoms with Crippen molar-refractivity contribution in [2.24, 2.45) is 50.7 Å². The quantitative estimate of drug-likeness (QED) is 0.225. The molecule has 0 aromatic rings. The SMILES string of the molecule is CO[C@H]1C[C@@]2(C)[C@@H]3C[C@H](OC(C)=O)[C@H]4C(C)(C)[C@@H](COC=O)CC[C@@]45C[C@@]35CC[C@]2(C)[C@H]1[C@@]1(C)CC[C@@H](C(C)(C)OC)O1. The summed E-state index contributed by atoms with van der Waals surface area (Å²) in [5.41, 5.74) is -0.217. The summed E-state index contributed by atoms with van der Waals surface area (Å²) >= 11 is 0. The minimum absolute atomic E-state index is 0.0340. The van der Waals surface area contributed by atoms with Crippen molar-refractivity contribution >= 4 is 12.4 Å². The Morgan fingerprint density at radius 2 is 1.65 bits per heavy atom. The van der Waals surface area contributed by atoms with Crippen molar-refractivity contribution in [3.8, 4) is 0 Å². The summed E-state index contributed by atoms with van der Waals surface area (Å²) in [4.78, 5) is 23.8. The van der Waals surface area contributed by atoms with Crippen LogP contribution in [0.15, 0.2) is 0 Å². The van der Waals surface area contributed by atoms with Gasteiger partial charge in [0.2, 0.25) is 0 Å². The van der Waals surface area contributed by atoms with E-state index in [-0.39, 0.29) is 80.3 Å². The van der Waals surface area contributed by atoms with Gasteiger partial charge < -0.3 is 23.7 Å². The normalized spacial score (nSPS) is 51.4. The number of methoxy groups -OCH3 is 2. The second-order valence-electron chi connectivity index (χ2n) is 17.4. The molecule has 0 aromatic carbocycles. The van der Waals surface area contributed by atoms with Gasteiger partial charge in [-0.25, -0.2) is 0 Å². The molecule has 1 saturated heterocycles. The van der Waals surface area contributed by atoms with Crippen LogP contribution in [-0.4, -0.2) is 62.8 Å². The van der Waals surface area contributed by atoms with Crippen molar-refractivity contribution < 1.29 is 33.3 Å². The first-order chi connectivity index (χ1) is 20.0. The third kappa shape index (κ3) is 4.08. The Kier molecular flexibility index (Phi) is 7.33. The summed E-state index contributed by atoms with van der Waals surface area (Å²) in [6, 6.07) is 0. The van der Waals surface area contributed by atoms with E-state index in [2.05, 4.69) is 48.5 Å². The van der Waals surface area contributed by atoms with Crippen LogP contribution >= 0.6 is 0 Å². The minimum Gasteiger partial charge on any atom is -0.468 e. The average molecular weight is 603 g/mol. The molecule has 0 radical (unpaired) electrons. The molecule has 6 rings (SSSR count). The molecular formula is C36H58O7. The molecule has 0 amide bonds. The molecule has 0 aromatic heterocycles. The van der Waals surface area contributed by atoms with E-state index in [1.54, 1.807) is 14.0 Å². The van der Waals surface area contributed by atoms with Gasteiger partial charge in [-0.05, 0) is 117 Å². The van der Waals surface area contributed by atoms with Crippen LogP contribution in [0.5, 0.6) is 0 Å². The van der Waals surface area contributed by atoms with Gasteiger partial charge in [0.15, 0.2) is 0 Å². The number of ether oxygens (including phenoxy) is 5. The van der Waals surface area contributed by atoms with Gasteiger partial charge in [0, 0.05) is 33.0 Å². The van der Waals surface area contributed by atoms with Crippen molar-refractivity contribution in [3.05, 3.63) is 0 Å². The van der Waals surface area contributed by atoms with E-state index in [0.717, 1.165) is 38.5 Å². The molecule has 2 spiro atoms. The van der Waals surface area contributed by atoms with E-state index < -0.39 is 0 Å². The molecule has 43 heavy (non-hydrogen) atoms. The fourth-order valence-corrected chi connectivity index (χ4v) is 13.3. The lowest BCUT2D eigenvalue weighted by molar-refractivity contribution is -0.218. The molecule has 7 nitrogen and oxygen atoms in total. The minimum atomic E-state index is -0.335. The van der Waals surface area contributed by atoms with Crippen LogP contribution in [0.1, 0.15) is 113 Å². The van der Waals surface area contributed by atoms with E-state index in [9.17, 15) is 9.59 Å². The van der Waals surface area contributed by atoms with E-state index >= 15 is 0 Å². The van der Waals surface area contributed by atoms with Crippen LogP contribution < -0.4 is 0 Å². The zero-order chi connectivity index (χ0) is 31.4. The van der Waals surface area contributed by atoms with Crippen molar-refractivity contribution in [3.63, 3.8) is 0 Å². The monoisotopic (exact) mass is 602 g/mol. The maximum atomic E-state index is 12.7. The number of carbonyl (C=O) groups is 2. The fourth-order valence-electron chi connectivity index (χ4n) is 13.3. The molecule has 6 fully saturated rings. The van der Waals surface area contributed by atoms with Crippen LogP contribution in [-0.2, 0) is 33.3 Å². The lowest BCUT2D eigenvalue weighted by atomic mass is 9.40. The van der Waals surface area contributed by atoms with Crippen LogP contribution in [0.2, 0.25) is 0 Å². The van der Waals surface area contributed by atoms with Crippen molar-refractivity contribution in [1.82, 2.24) is 0 Å². The Balaban J connectivity index is 1.38. The summed E-state index contributed by atoms with van der Waals surface area (Å²) in [6.45, 7) is 19.0. The molecule has 1 aliphatic heterocycles. The summed E-state index contributed by atoms with van der Waals surface area (Å²) in [5.74, 6) is 1.08. The molecule has 6 aliphatic rings. The van der Waals surface area contributed by atoms with E-state index in [1.807, 2.05) is 7.11 Å². The first-order valence-corrected chi connectivity index (χ1v) is 17.0. The zero-order valence-corrected chi connectivity index (χ0v) is 28.5. The third-order valence-corrected chi connectivity index (χ3v) is 15.5. The van der Waals surface area contributed by atoms with Crippen molar-refractivity contribution in [2.75, 3.05) is 20.8 Å².